The Labute approximate surface area is 99.8 Å². The summed E-state index contributed by atoms with van der Waals surface area (Å²) in [7, 11) is 1.29. The van der Waals surface area contributed by atoms with E-state index in [1.54, 1.807) is 31.2 Å². The molecule has 0 saturated heterocycles. The fraction of sp³-hybridized carbons (Fsp3) is 0.231. The summed E-state index contributed by atoms with van der Waals surface area (Å²) in [5.74, 6) is -0.903. The Balaban J connectivity index is 2.52. The van der Waals surface area contributed by atoms with Crippen molar-refractivity contribution >= 4 is 11.9 Å². The van der Waals surface area contributed by atoms with E-state index < -0.39 is 18.0 Å². The Morgan fingerprint density at radius 1 is 1.24 bits per heavy atom. The number of methoxy groups -OCH3 is 1. The maximum atomic E-state index is 11.6. The van der Waals surface area contributed by atoms with Gasteiger partial charge >= 0.3 is 11.9 Å². The van der Waals surface area contributed by atoms with E-state index in [1.165, 1.54) is 19.3 Å². The smallest absolute Gasteiger partial charge is 0.338 e. The summed E-state index contributed by atoms with van der Waals surface area (Å²) in [6, 6.07) is 8.66. The predicted molar refractivity (Wildman–Crippen MR) is 62.5 cm³/mol. The van der Waals surface area contributed by atoms with E-state index in [2.05, 4.69) is 4.74 Å². The van der Waals surface area contributed by atoms with E-state index in [1.807, 2.05) is 6.07 Å². The third-order valence-electron chi connectivity index (χ3n) is 2.01. The number of carbonyl (C=O) groups is 2. The molecule has 1 aromatic rings. The molecule has 0 bridgehead atoms. The number of hydrogen-bond donors (Lipinski definition) is 0. The lowest BCUT2D eigenvalue weighted by Crippen LogP contribution is -2.13. The highest BCUT2D eigenvalue weighted by Gasteiger charge is 2.09. The first-order valence-corrected chi connectivity index (χ1v) is 5.15. The fourth-order valence-corrected chi connectivity index (χ4v) is 1.13. The molecule has 0 aromatic heterocycles. The number of ether oxygens (including phenoxy) is 2. The highest BCUT2D eigenvalue weighted by Crippen LogP contribution is 2.04. The lowest BCUT2D eigenvalue weighted by molar-refractivity contribution is -0.134. The van der Waals surface area contributed by atoms with Crippen molar-refractivity contribution in [3.8, 4) is 0 Å². The van der Waals surface area contributed by atoms with Gasteiger partial charge in [0.2, 0.25) is 0 Å². The summed E-state index contributed by atoms with van der Waals surface area (Å²) < 4.78 is 9.52. The monoisotopic (exact) mass is 234 g/mol. The Bertz CT molecular complexity index is 409. The second-order valence-electron chi connectivity index (χ2n) is 3.36. The summed E-state index contributed by atoms with van der Waals surface area (Å²) in [6.07, 6.45) is 2.21. The molecule has 90 valence electrons. The Morgan fingerprint density at radius 3 is 2.47 bits per heavy atom. The first-order valence-electron chi connectivity index (χ1n) is 5.15. The molecular weight excluding hydrogens is 220 g/mol. The molecule has 0 saturated carbocycles. The van der Waals surface area contributed by atoms with E-state index >= 15 is 0 Å². The van der Waals surface area contributed by atoms with Gasteiger partial charge in [0, 0.05) is 6.08 Å². The molecule has 0 N–H and O–H groups in total. The quantitative estimate of drug-likeness (QED) is 0.590. The van der Waals surface area contributed by atoms with Gasteiger partial charge in [-0.1, -0.05) is 18.2 Å². The van der Waals surface area contributed by atoms with Crippen molar-refractivity contribution < 1.29 is 19.1 Å². The number of carbonyl (C=O) groups excluding carboxylic acids is 2. The molecule has 1 rings (SSSR count). The van der Waals surface area contributed by atoms with Crippen LogP contribution in [0.15, 0.2) is 42.5 Å². The molecule has 0 fully saturated rings. The maximum absolute atomic E-state index is 11.6. The summed E-state index contributed by atoms with van der Waals surface area (Å²) >= 11 is 0. The molecule has 4 heteroatoms. The average Bonchev–Trinajstić information content (AvgIpc) is 2.36. The number of rotatable bonds is 4. The van der Waals surface area contributed by atoms with Crippen molar-refractivity contribution in [3.63, 3.8) is 0 Å². The van der Waals surface area contributed by atoms with Gasteiger partial charge in [-0.25, -0.2) is 9.59 Å². The van der Waals surface area contributed by atoms with Crippen molar-refractivity contribution in [1.29, 1.82) is 0 Å². The summed E-state index contributed by atoms with van der Waals surface area (Å²) in [5.41, 5.74) is 0.478. The lowest BCUT2D eigenvalue weighted by atomic mass is 10.2. The molecule has 0 spiro atoms. The molecule has 1 aromatic carbocycles. The second-order valence-corrected chi connectivity index (χ2v) is 3.36. The Hall–Kier alpha value is -2.10. The van der Waals surface area contributed by atoms with Crippen LogP contribution in [0.4, 0.5) is 0 Å². The van der Waals surface area contributed by atoms with Crippen molar-refractivity contribution in [2.24, 2.45) is 0 Å². The molecule has 1 unspecified atom stereocenters. The van der Waals surface area contributed by atoms with E-state index in [0.717, 1.165) is 0 Å². The highest BCUT2D eigenvalue weighted by atomic mass is 16.5. The average molecular weight is 234 g/mol. The van der Waals surface area contributed by atoms with Crippen molar-refractivity contribution in [2.45, 2.75) is 13.0 Å². The van der Waals surface area contributed by atoms with Crippen molar-refractivity contribution in [2.75, 3.05) is 7.11 Å². The SMILES string of the molecule is COC(=O)/C=C/C(C)OC(=O)c1ccccc1. The summed E-state index contributed by atoms with van der Waals surface area (Å²) in [4.78, 5) is 22.4. The zero-order chi connectivity index (χ0) is 12.7. The van der Waals surface area contributed by atoms with Crippen LogP contribution in [0, 0.1) is 0 Å². The van der Waals surface area contributed by atoms with Gasteiger partial charge in [0.15, 0.2) is 0 Å². The topological polar surface area (TPSA) is 52.6 Å². The number of hydrogen-bond acceptors (Lipinski definition) is 4. The van der Waals surface area contributed by atoms with Gasteiger partial charge in [0.25, 0.3) is 0 Å². The van der Waals surface area contributed by atoms with Crippen LogP contribution in [0.1, 0.15) is 17.3 Å². The van der Waals surface area contributed by atoms with E-state index in [0.29, 0.717) is 5.56 Å². The third kappa shape index (κ3) is 4.51. The molecule has 0 aliphatic rings. The van der Waals surface area contributed by atoms with Gasteiger partial charge in [-0.3, -0.25) is 0 Å². The highest BCUT2D eigenvalue weighted by molar-refractivity contribution is 5.89. The maximum Gasteiger partial charge on any atom is 0.338 e. The molecule has 4 nitrogen and oxygen atoms in total. The zero-order valence-electron chi connectivity index (χ0n) is 9.75. The molecule has 17 heavy (non-hydrogen) atoms. The third-order valence-corrected chi connectivity index (χ3v) is 2.01. The predicted octanol–water partition coefficient (Wildman–Crippen LogP) is 1.96. The summed E-state index contributed by atoms with van der Waals surface area (Å²) in [5, 5.41) is 0. The van der Waals surface area contributed by atoms with Gasteiger partial charge in [-0.2, -0.15) is 0 Å². The Kier molecular flexibility index (Phi) is 4.94. The fourth-order valence-electron chi connectivity index (χ4n) is 1.13. The molecule has 0 amide bonds. The number of benzene rings is 1. The van der Waals surface area contributed by atoms with Crippen LogP contribution in [0.25, 0.3) is 0 Å². The van der Waals surface area contributed by atoms with Crippen LogP contribution in [0.2, 0.25) is 0 Å². The van der Waals surface area contributed by atoms with Crippen LogP contribution >= 0.6 is 0 Å². The van der Waals surface area contributed by atoms with Crippen LogP contribution in [-0.4, -0.2) is 25.2 Å². The summed E-state index contributed by atoms with van der Waals surface area (Å²) in [6.45, 7) is 1.67. The minimum atomic E-state index is -0.484. The number of esters is 2. The molecule has 0 heterocycles. The second kappa shape index (κ2) is 6.48. The van der Waals surface area contributed by atoms with Gasteiger partial charge < -0.3 is 9.47 Å². The minimum Gasteiger partial charge on any atom is -0.466 e. The zero-order valence-corrected chi connectivity index (χ0v) is 9.75. The molecular formula is C13H14O4. The van der Waals surface area contributed by atoms with E-state index in [4.69, 9.17) is 4.74 Å². The van der Waals surface area contributed by atoms with E-state index in [9.17, 15) is 9.59 Å². The van der Waals surface area contributed by atoms with Crippen molar-refractivity contribution in [1.82, 2.24) is 0 Å². The molecule has 0 aliphatic carbocycles. The minimum absolute atomic E-state index is 0.424. The van der Waals surface area contributed by atoms with Gasteiger partial charge in [-0.15, -0.1) is 0 Å². The molecule has 0 aliphatic heterocycles. The largest absolute Gasteiger partial charge is 0.466 e. The van der Waals surface area contributed by atoms with Crippen LogP contribution in [-0.2, 0) is 14.3 Å². The van der Waals surface area contributed by atoms with Gasteiger partial charge in [-0.05, 0) is 25.1 Å². The standard InChI is InChI=1S/C13H14O4/c1-10(8-9-12(14)16-2)17-13(15)11-6-4-3-5-7-11/h3-10H,1-2H3/b9-8+. The first-order chi connectivity index (χ1) is 8.13. The first kappa shape index (κ1) is 13.0. The van der Waals surface area contributed by atoms with Crippen LogP contribution in [0.3, 0.4) is 0 Å². The van der Waals surface area contributed by atoms with E-state index in [-0.39, 0.29) is 0 Å². The molecule has 0 radical (unpaired) electrons. The van der Waals surface area contributed by atoms with Crippen molar-refractivity contribution in [3.05, 3.63) is 48.0 Å². The molecule has 1 atom stereocenters. The van der Waals surface area contributed by atoms with Gasteiger partial charge in [0.1, 0.15) is 6.10 Å². The van der Waals surface area contributed by atoms with Crippen LogP contribution < -0.4 is 0 Å². The van der Waals surface area contributed by atoms with Gasteiger partial charge in [0.05, 0.1) is 12.7 Å². The Morgan fingerprint density at radius 2 is 1.88 bits per heavy atom. The normalized spacial score (nSPS) is 12.1. The lowest BCUT2D eigenvalue weighted by Gasteiger charge is -2.08. The van der Waals surface area contributed by atoms with Crippen LogP contribution in [0.5, 0.6) is 0 Å².